The van der Waals surface area contributed by atoms with E-state index in [2.05, 4.69) is 15.9 Å². The summed E-state index contributed by atoms with van der Waals surface area (Å²) >= 11 is 3.14. The smallest absolute Gasteiger partial charge is 0.340 e. The normalized spacial score (nSPS) is 16.4. The number of esters is 2. The van der Waals surface area contributed by atoms with Crippen molar-refractivity contribution in [1.29, 1.82) is 0 Å². The van der Waals surface area contributed by atoms with E-state index in [4.69, 9.17) is 14.2 Å². The zero-order chi connectivity index (χ0) is 53.7. The third-order valence-corrected chi connectivity index (χ3v) is 17.7. The van der Waals surface area contributed by atoms with E-state index in [-0.39, 0.29) is 56.5 Å². The van der Waals surface area contributed by atoms with Crippen molar-refractivity contribution in [1.82, 2.24) is 22.0 Å². The Kier molecular flexibility index (Phi) is 21.2. The molecule has 398 valence electrons. The molecule has 0 amide bonds. The lowest BCUT2D eigenvalue weighted by Gasteiger charge is -2.21. The van der Waals surface area contributed by atoms with Gasteiger partial charge in [-0.15, -0.1) is 0 Å². The summed E-state index contributed by atoms with van der Waals surface area (Å²) in [7, 11) is -11.7. The van der Waals surface area contributed by atoms with Crippen LogP contribution in [0.25, 0.3) is 6.08 Å². The molecule has 0 bridgehead atoms. The highest BCUT2D eigenvalue weighted by atomic mass is 79.9. The molecule has 0 radical (unpaired) electrons. The lowest BCUT2D eigenvalue weighted by molar-refractivity contribution is -0.0584. The first-order valence-electron chi connectivity index (χ1n) is 24.3. The molecule has 23 heteroatoms. The van der Waals surface area contributed by atoms with E-state index < -0.39 is 84.2 Å². The molecule has 1 aliphatic rings. The number of hydrogen-bond acceptors (Lipinski definition) is 14. The summed E-state index contributed by atoms with van der Waals surface area (Å²) in [6, 6.07) is 15.2. The molecular weight excluding hydrogens is 1070 g/mol. The van der Waals surface area contributed by atoms with Crippen molar-refractivity contribution in [2.45, 2.75) is 120 Å². The molecule has 3 aromatic carbocycles. The summed E-state index contributed by atoms with van der Waals surface area (Å²) in [4.78, 5) is 70.8. The van der Waals surface area contributed by atoms with Crippen LogP contribution in [0.5, 0.6) is 0 Å². The number of carbonyl (C=O) groups excluding carboxylic acids is 3. The van der Waals surface area contributed by atoms with Gasteiger partial charge in [-0.1, -0.05) is 57.5 Å². The zero-order valence-electron chi connectivity index (χ0n) is 41.8. The van der Waals surface area contributed by atoms with Crippen molar-refractivity contribution in [2.24, 2.45) is 0 Å². The van der Waals surface area contributed by atoms with Crippen molar-refractivity contribution in [3.05, 3.63) is 127 Å². The van der Waals surface area contributed by atoms with E-state index in [1.54, 1.807) is 0 Å². The van der Waals surface area contributed by atoms with Crippen molar-refractivity contribution < 1.29 is 53.8 Å². The number of sulfonamides is 3. The Morgan fingerprint density at radius 2 is 1.00 bits per heavy atom. The maximum Gasteiger partial charge on any atom is 0.340 e. The Labute approximate surface area is 436 Å². The molecule has 5 rings (SSSR count). The number of aromatic nitrogens is 2. The molecule has 1 aliphatic heterocycles. The summed E-state index contributed by atoms with van der Waals surface area (Å²) in [5.41, 5.74) is -2.56. The third kappa shape index (κ3) is 13.8. The number of hydrogen-bond donors (Lipinski definition) is 0. The van der Waals surface area contributed by atoms with Gasteiger partial charge in [0.1, 0.15) is 25.0 Å². The van der Waals surface area contributed by atoms with Gasteiger partial charge < -0.3 is 14.2 Å². The van der Waals surface area contributed by atoms with Gasteiger partial charge in [-0.05, 0) is 122 Å². The van der Waals surface area contributed by atoms with Crippen LogP contribution in [-0.4, -0.2) is 123 Å². The number of rotatable bonds is 26. The maximum atomic E-state index is 14.4. The summed E-state index contributed by atoms with van der Waals surface area (Å²) in [5, 5.41) is 0. The van der Waals surface area contributed by atoms with Crippen molar-refractivity contribution in [3.8, 4) is 0 Å². The molecule has 73 heavy (non-hydrogen) atoms. The molecule has 1 aromatic heterocycles. The Balaban J connectivity index is 1.49. The van der Waals surface area contributed by atoms with Gasteiger partial charge in [-0.3, -0.25) is 14.2 Å². The number of ether oxygens (including phenoxy) is 3. The molecule has 4 aromatic rings. The van der Waals surface area contributed by atoms with E-state index in [1.165, 1.54) is 96.8 Å². The Morgan fingerprint density at radius 3 is 1.38 bits per heavy atom. The highest BCUT2D eigenvalue weighted by molar-refractivity contribution is 9.11. The average Bonchev–Trinajstić information content (AvgIpc) is 3.77. The summed E-state index contributed by atoms with van der Waals surface area (Å²) in [6.45, 7) is 12.4. The molecule has 19 nitrogen and oxygen atoms in total. The Bertz CT molecular complexity index is 3040. The molecule has 3 atom stereocenters. The SMILES string of the molecule is CCCN(CCC)S(=O)(=O)c1ccc(C(=O)OC[C@H]2O[C@@H](n3cc(/C=C/Br)c(=O)n(C(=O)c4ccc(S(=O)(=O)N(CCC)CCC)cc4)c3=O)C[C@@H]2OC(=O)c2ccc(S(=O)(=O)N(CCC)CCC)cc2)cc1. The molecule has 0 aliphatic carbocycles. The molecular formula is C50H64BrN5O14S3. The Morgan fingerprint density at radius 1 is 0.616 bits per heavy atom. The van der Waals surface area contributed by atoms with Crippen LogP contribution in [0.4, 0.5) is 0 Å². The first kappa shape index (κ1) is 58.7. The van der Waals surface area contributed by atoms with Crippen molar-refractivity contribution in [2.75, 3.05) is 45.9 Å². The second-order valence-electron chi connectivity index (χ2n) is 17.2. The Hall–Kier alpha value is -5.14. The van der Waals surface area contributed by atoms with Crippen LogP contribution in [0.3, 0.4) is 0 Å². The lowest BCUT2D eigenvalue weighted by atomic mass is 10.1. The minimum absolute atomic E-state index is 0.0102. The molecule has 1 saturated heterocycles. The van der Waals surface area contributed by atoms with Crippen LogP contribution in [0.1, 0.15) is 129 Å². The number of halogens is 1. The molecule has 0 N–H and O–H groups in total. The highest BCUT2D eigenvalue weighted by Gasteiger charge is 2.41. The van der Waals surface area contributed by atoms with Crippen LogP contribution in [0.2, 0.25) is 0 Å². The zero-order valence-corrected chi connectivity index (χ0v) is 45.9. The average molecular weight is 1140 g/mol. The molecule has 0 unspecified atom stereocenters. The first-order valence-corrected chi connectivity index (χ1v) is 29.5. The monoisotopic (exact) mass is 1130 g/mol. The van der Waals surface area contributed by atoms with E-state index in [1.807, 2.05) is 41.5 Å². The van der Waals surface area contributed by atoms with Gasteiger partial charge in [0.05, 0.1) is 31.4 Å². The fourth-order valence-corrected chi connectivity index (χ4v) is 13.3. The van der Waals surface area contributed by atoms with Crippen molar-refractivity contribution >= 4 is 69.9 Å². The van der Waals surface area contributed by atoms with Crippen LogP contribution in [0, 0.1) is 0 Å². The highest BCUT2D eigenvalue weighted by Crippen LogP contribution is 2.32. The van der Waals surface area contributed by atoms with Gasteiger partial charge in [-0.25, -0.2) is 39.6 Å². The predicted molar refractivity (Wildman–Crippen MR) is 278 cm³/mol. The number of benzene rings is 3. The number of nitrogens with zero attached hydrogens (tertiary/aromatic N) is 5. The first-order chi connectivity index (χ1) is 34.7. The largest absolute Gasteiger partial charge is 0.459 e. The lowest BCUT2D eigenvalue weighted by Crippen LogP contribution is -2.45. The third-order valence-electron chi connectivity index (χ3n) is 11.7. The van der Waals surface area contributed by atoms with Gasteiger partial charge in [0.25, 0.3) is 11.5 Å². The predicted octanol–water partition coefficient (Wildman–Crippen LogP) is 6.87. The van der Waals surface area contributed by atoms with E-state index in [0.717, 1.165) is 10.8 Å². The topological polar surface area (TPSA) is 235 Å². The van der Waals surface area contributed by atoms with E-state index >= 15 is 0 Å². The number of carbonyl (C=O) groups is 3. The van der Waals surface area contributed by atoms with E-state index in [0.29, 0.717) is 69.3 Å². The van der Waals surface area contributed by atoms with Crippen LogP contribution in [-0.2, 0) is 44.3 Å². The molecule has 0 spiro atoms. The van der Waals surface area contributed by atoms with Gasteiger partial charge in [0, 0.05) is 57.4 Å². The fraction of sp³-hybridized carbons (Fsp3) is 0.460. The summed E-state index contributed by atoms with van der Waals surface area (Å²) in [6.07, 6.45) is 1.78. The summed E-state index contributed by atoms with van der Waals surface area (Å²) in [5.74, 6) is -2.89. The van der Waals surface area contributed by atoms with Crippen molar-refractivity contribution in [3.63, 3.8) is 0 Å². The minimum Gasteiger partial charge on any atom is -0.459 e. The van der Waals surface area contributed by atoms with Crippen LogP contribution < -0.4 is 11.2 Å². The second-order valence-corrected chi connectivity index (χ2v) is 23.5. The van der Waals surface area contributed by atoms with E-state index in [9.17, 15) is 49.2 Å². The molecule has 0 saturated carbocycles. The molecule has 1 fully saturated rings. The van der Waals surface area contributed by atoms with Crippen LogP contribution >= 0.6 is 15.9 Å². The standard InChI is InChI=1S/C50H64BrN5O14S3/c1-7-27-52(28-8-2)71(62,63)40-19-13-36(14-20-40)46(57)56-47(58)39(25-26-51)34-55(50(56)61)45-33-43(70-49(60)38-17-23-42(24-18-38)73(66,67)54(31-11-5)32-12-6)44(69-45)35-68-48(59)37-15-21-41(22-16-37)72(64,65)53(29-9-3)30-10-4/h13-26,34,43-45H,7-12,27-33,35H2,1-6H3/b26-25+/t43-,44+,45+/m0/s1. The van der Waals surface area contributed by atoms with Gasteiger partial charge in [0.15, 0.2) is 0 Å². The second kappa shape index (κ2) is 26.4. The van der Waals surface area contributed by atoms with Gasteiger partial charge in [0.2, 0.25) is 30.1 Å². The van der Waals surface area contributed by atoms with Gasteiger partial charge >= 0.3 is 17.6 Å². The quantitative estimate of drug-likeness (QED) is 0.0584. The minimum atomic E-state index is -3.93. The fourth-order valence-electron chi connectivity index (χ4n) is 8.18. The molecule has 2 heterocycles. The van der Waals surface area contributed by atoms with Gasteiger partial charge in [-0.2, -0.15) is 17.5 Å². The van der Waals surface area contributed by atoms with Crippen LogP contribution in [0.15, 0.2) is 108 Å². The maximum absolute atomic E-state index is 14.4. The summed E-state index contributed by atoms with van der Waals surface area (Å²) < 4.78 is 104.